The molecule has 0 aromatic rings. The van der Waals surface area contributed by atoms with Gasteiger partial charge in [0.1, 0.15) is 0 Å². The van der Waals surface area contributed by atoms with Crippen LogP contribution in [0.2, 0.25) is 0 Å². The van der Waals surface area contributed by atoms with Gasteiger partial charge in [0, 0.05) is 14.1 Å². The molecule has 0 atom stereocenters. The van der Waals surface area contributed by atoms with Gasteiger partial charge < -0.3 is 37.8 Å². The largest absolute Gasteiger partial charge is 0.412 e. The normalized spacial score (nSPS) is 3.09. The molecular weight excluding hydrogens is 162 g/mol. The molecule has 0 aromatic carbocycles. The van der Waals surface area contributed by atoms with E-state index in [-0.39, 0.29) is 32.9 Å². The molecule has 0 saturated carbocycles. The molecule has 0 spiro atoms. The van der Waals surface area contributed by atoms with Crippen LogP contribution in [0.4, 0.5) is 0 Å². The standard InChI is InChI=1S/C3H7NO.6H2O/c1-4(2)3-5;;;;;;/h3H,1-2H3;6*1H2. The van der Waals surface area contributed by atoms with E-state index in [4.69, 9.17) is 0 Å². The maximum atomic E-state index is 9.43. The molecule has 12 N–H and O–H groups in total. The van der Waals surface area contributed by atoms with Gasteiger partial charge in [-0.3, -0.25) is 4.79 Å². The molecule has 0 radical (unpaired) electrons. The number of carbonyl (C=O) groups is 1. The molecule has 8 heteroatoms. The van der Waals surface area contributed by atoms with Crippen LogP contribution in [0.15, 0.2) is 0 Å². The molecular formula is C3H19NO7. The van der Waals surface area contributed by atoms with Crippen LogP contribution in [0.25, 0.3) is 0 Å². The Labute approximate surface area is 64.3 Å². The van der Waals surface area contributed by atoms with Crippen LogP contribution < -0.4 is 0 Å². The predicted molar refractivity (Wildman–Crippen MR) is 41.4 cm³/mol. The fraction of sp³-hybridized carbons (Fsp3) is 0.667. The van der Waals surface area contributed by atoms with Crippen molar-refractivity contribution in [3.8, 4) is 0 Å². The second kappa shape index (κ2) is 59.9. The summed E-state index contributed by atoms with van der Waals surface area (Å²) in [6.07, 6.45) is 0.750. The number of amides is 1. The lowest BCUT2D eigenvalue weighted by atomic mass is 11.0. The monoisotopic (exact) mass is 181 g/mol. The molecule has 0 heterocycles. The summed E-state index contributed by atoms with van der Waals surface area (Å²) < 4.78 is 0. The van der Waals surface area contributed by atoms with E-state index in [1.807, 2.05) is 0 Å². The fourth-order valence-electron chi connectivity index (χ4n) is 0. The van der Waals surface area contributed by atoms with Crippen molar-refractivity contribution in [2.24, 2.45) is 0 Å². The second-order valence-corrected chi connectivity index (χ2v) is 1.07. The SMILES string of the molecule is CN(C)C=O.O.O.O.O.O.O. The van der Waals surface area contributed by atoms with Gasteiger partial charge in [-0.2, -0.15) is 0 Å². The van der Waals surface area contributed by atoms with Crippen molar-refractivity contribution in [2.45, 2.75) is 0 Å². The third kappa shape index (κ3) is 319. The molecule has 0 fully saturated rings. The van der Waals surface area contributed by atoms with Crippen LogP contribution in [0, 0.1) is 0 Å². The van der Waals surface area contributed by atoms with Gasteiger partial charge in [-0.25, -0.2) is 0 Å². The van der Waals surface area contributed by atoms with Crippen molar-refractivity contribution < 1.29 is 37.7 Å². The van der Waals surface area contributed by atoms with Gasteiger partial charge in [0.05, 0.1) is 0 Å². The van der Waals surface area contributed by atoms with Gasteiger partial charge in [0.15, 0.2) is 0 Å². The Morgan fingerprint density at radius 2 is 0.909 bits per heavy atom. The molecule has 11 heavy (non-hydrogen) atoms. The molecule has 0 aliphatic heterocycles. The molecule has 8 nitrogen and oxygen atoms in total. The van der Waals surface area contributed by atoms with Crippen molar-refractivity contribution in [2.75, 3.05) is 14.1 Å². The van der Waals surface area contributed by atoms with Crippen LogP contribution >= 0.6 is 0 Å². The summed E-state index contributed by atoms with van der Waals surface area (Å²) in [5.74, 6) is 0. The van der Waals surface area contributed by atoms with E-state index < -0.39 is 0 Å². The van der Waals surface area contributed by atoms with Crippen molar-refractivity contribution >= 4 is 6.41 Å². The summed E-state index contributed by atoms with van der Waals surface area (Å²) in [5.41, 5.74) is 0. The van der Waals surface area contributed by atoms with Gasteiger partial charge in [-0.15, -0.1) is 0 Å². The van der Waals surface area contributed by atoms with Gasteiger partial charge in [-0.05, 0) is 0 Å². The van der Waals surface area contributed by atoms with E-state index in [0.717, 1.165) is 6.41 Å². The average Bonchev–Trinajstić information content (AvgIpc) is 1.38. The van der Waals surface area contributed by atoms with Crippen LogP contribution in [0.1, 0.15) is 0 Å². The van der Waals surface area contributed by atoms with E-state index >= 15 is 0 Å². The first-order valence-electron chi connectivity index (χ1n) is 1.39. The van der Waals surface area contributed by atoms with Gasteiger partial charge >= 0.3 is 0 Å². The third-order valence-electron chi connectivity index (χ3n) is 0.211. The van der Waals surface area contributed by atoms with Crippen LogP contribution in [-0.4, -0.2) is 58.3 Å². The highest BCUT2D eigenvalue weighted by Gasteiger charge is 1.68. The Morgan fingerprint density at radius 1 is 0.818 bits per heavy atom. The summed E-state index contributed by atoms with van der Waals surface area (Å²) in [6, 6.07) is 0. The quantitative estimate of drug-likeness (QED) is 0.356. The van der Waals surface area contributed by atoms with E-state index in [2.05, 4.69) is 0 Å². The van der Waals surface area contributed by atoms with Gasteiger partial charge in [-0.1, -0.05) is 0 Å². The topological polar surface area (TPSA) is 209 Å². The van der Waals surface area contributed by atoms with Crippen LogP contribution in [-0.2, 0) is 4.79 Å². The molecule has 0 bridgehead atoms. The molecule has 78 valence electrons. The minimum Gasteiger partial charge on any atom is -0.412 e. The van der Waals surface area contributed by atoms with Gasteiger partial charge in [0.2, 0.25) is 6.41 Å². The highest BCUT2D eigenvalue weighted by Crippen LogP contribution is 1.52. The maximum absolute atomic E-state index is 9.43. The lowest BCUT2D eigenvalue weighted by Gasteiger charge is -1.93. The first-order valence-corrected chi connectivity index (χ1v) is 1.39. The summed E-state index contributed by atoms with van der Waals surface area (Å²) in [4.78, 5) is 10.9. The second-order valence-electron chi connectivity index (χ2n) is 1.07. The summed E-state index contributed by atoms with van der Waals surface area (Å²) in [6.45, 7) is 0. The average molecular weight is 181 g/mol. The molecule has 0 aliphatic carbocycles. The summed E-state index contributed by atoms with van der Waals surface area (Å²) in [5, 5.41) is 0. The molecule has 0 unspecified atom stereocenters. The summed E-state index contributed by atoms with van der Waals surface area (Å²) >= 11 is 0. The molecule has 0 rings (SSSR count). The molecule has 0 aliphatic rings. The zero-order chi connectivity index (χ0) is 4.28. The first-order chi connectivity index (χ1) is 2.27. The molecule has 0 saturated heterocycles. The number of hydrogen-bond acceptors (Lipinski definition) is 1. The third-order valence-corrected chi connectivity index (χ3v) is 0.211. The Kier molecular flexibility index (Phi) is 455. The number of hydrogen-bond donors (Lipinski definition) is 0. The number of carbonyl (C=O) groups excluding carboxylic acids is 1. The van der Waals surface area contributed by atoms with E-state index in [1.165, 1.54) is 4.90 Å². The Bertz CT molecular complexity index is 40.7. The summed E-state index contributed by atoms with van der Waals surface area (Å²) in [7, 11) is 3.38. The molecule has 0 aromatic heterocycles. The minimum atomic E-state index is 0. The van der Waals surface area contributed by atoms with Crippen LogP contribution in [0.5, 0.6) is 0 Å². The Balaban J connectivity index is -0.00000000533. The van der Waals surface area contributed by atoms with E-state index in [9.17, 15) is 4.79 Å². The Hall–Kier alpha value is -0.770. The maximum Gasteiger partial charge on any atom is 0.209 e. The van der Waals surface area contributed by atoms with E-state index in [0.29, 0.717) is 0 Å². The van der Waals surface area contributed by atoms with Crippen LogP contribution in [0.3, 0.4) is 0 Å². The molecule has 1 amide bonds. The lowest BCUT2D eigenvalue weighted by Crippen LogP contribution is -2.06. The van der Waals surface area contributed by atoms with E-state index in [1.54, 1.807) is 14.1 Å². The lowest BCUT2D eigenvalue weighted by molar-refractivity contribution is -0.115. The zero-order valence-electron chi connectivity index (χ0n) is 6.43. The minimum absolute atomic E-state index is 0. The highest BCUT2D eigenvalue weighted by molar-refractivity contribution is 5.45. The van der Waals surface area contributed by atoms with Crippen molar-refractivity contribution in [3.05, 3.63) is 0 Å². The smallest absolute Gasteiger partial charge is 0.209 e. The van der Waals surface area contributed by atoms with Crippen molar-refractivity contribution in [3.63, 3.8) is 0 Å². The highest BCUT2D eigenvalue weighted by atomic mass is 16.1. The van der Waals surface area contributed by atoms with Gasteiger partial charge in [0.25, 0.3) is 0 Å². The van der Waals surface area contributed by atoms with Crippen molar-refractivity contribution in [1.82, 2.24) is 4.90 Å². The Morgan fingerprint density at radius 3 is 0.909 bits per heavy atom. The first kappa shape index (κ1) is 83.5. The zero-order valence-corrected chi connectivity index (χ0v) is 6.43. The predicted octanol–water partition coefficient (Wildman–Crippen LogP) is -5.24. The number of rotatable bonds is 1. The van der Waals surface area contributed by atoms with Crippen molar-refractivity contribution in [1.29, 1.82) is 0 Å². The number of nitrogens with zero attached hydrogens (tertiary/aromatic N) is 1. The fourth-order valence-corrected chi connectivity index (χ4v) is 0.